The summed E-state index contributed by atoms with van der Waals surface area (Å²) in [6, 6.07) is 0. The molecule has 0 saturated heterocycles. The minimum atomic E-state index is -0.494. The van der Waals surface area contributed by atoms with Gasteiger partial charge >= 0.3 is 0 Å². The lowest BCUT2D eigenvalue weighted by molar-refractivity contribution is -0.143. The summed E-state index contributed by atoms with van der Waals surface area (Å²) >= 11 is 0. The van der Waals surface area contributed by atoms with E-state index >= 15 is 0 Å². The fourth-order valence-corrected chi connectivity index (χ4v) is 2.16. The summed E-state index contributed by atoms with van der Waals surface area (Å²) in [5, 5.41) is 0. The van der Waals surface area contributed by atoms with Crippen molar-refractivity contribution in [2.45, 2.75) is 63.9 Å². The van der Waals surface area contributed by atoms with Crippen LogP contribution in [0.4, 0.5) is 0 Å². The van der Waals surface area contributed by atoms with Gasteiger partial charge in [-0.1, -0.05) is 38.5 Å². The van der Waals surface area contributed by atoms with Gasteiger partial charge in [-0.15, -0.1) is 0 Å². The molecule has 1 aliphatic carbocycles. The van der Waals surface area contributed by atoms with Crippen molar-refractivity contribution >= 4 is 11.6 Å². The molecule has 0 radical (unpaired) electrons. The van der Waals surface area contributed by atoms with Crippen LogP contribution < -0.4 is 0 Å². The highest BCUT2D eigenvalue weighted by atomic mass is 16.5. The van der Waals surface area contributed by atoms with Gasteiger partial charge in [0.2, 0.25) is 11.6 Å². The fraction of sp³-hybridized carbons (Fsp3) is 0.846. The van der Waals surface area contributed by atoms with E-state index in [9.17, 15) is 9.59 Å². The third-order valence-electron chi connectivity index (χ3n) is 3.22. The largest absolute Gasteiger partial charge is 0.373 e. The Morgan fingerprint density at radius 3 is 2.12 bits per heavy atom. The van der Waals surface area contributed by atoms with Crippen LogP contribution in [-0.4, -0.2) is 24.8 Å². The first-order valence-corrected chi connectivity index (χ1v) is 6.35. The summed E-state index contributed by atoms with van der Waals surface area (Å²) in [6.07, 6.45) is 8.32. The fourth-order valence-electron chi connectivity index (χ4n) is 2.16. The van der Waals surface area contributed by atoms with Crippen molar-refractivity contribution in [3.63, 3.8) is 0 Å². The molecule has 3 nitrogen and oxygen atoms in total. The number of carbonyl (C=O) groups excluding carboxylic acids is 2. The summed E-state index contributed by atoms with van der Waals surface area (Å²) in [5.41, 5.74) is 0. The Balaban J connectivity index is 2.51. The quantitative estimate of drug-likeness (QED) is 0.646. The molecule has 0 spiro atoms. The molecular weight excluding hydrogens is 204 g/mol. The molecule has 0 N–H and O–H groups in total. The molecule has 0 aromatic rings. The van der Waals surface area contributed by atoms with Crippen molar-refractivity contribution in [3.05, 3.63) is 0 Å². The van der Waals surface area contributed by atoms with Crippen molar-refractivity contribution in [3.8, 4) is 0 Å². The molecule has 1 saturated carbocycles. The zero-order valence-corrected chi connectivity index (χ0v) is 10.2. The molecule has 1 atom stereocenters. The number of hydrogen-bond donors (Lipinski definition) is 0. The van der Waals surface area contributed by atoms with Crippen LogP contribution >= 0.6 is 0 Å². The zero-order valence-electron chi connectivity index (χ0n) is 10.2. The molecule has 1 aliphatic rings. The molecule has 92 valence electrons. The van der Waals surface area contributed by atoms with Gasteiger partial charge in [0, 0.05) is 13.5 Å². The van der Waals surface area contributed by atoms with Gasteiger partial charge in [0.25, 0.3) is 0 Å². The van der Waals surface area contributed by atoms with E-state index in [1.165, 1.54) is 26.4 Å². The topological polar surface area (TPSA) is 43.4 Å². The molecule has 0 heterocycles. The van der Waals surface area contributed by atoms with E-state index < -0.39 is 6.10 Å². The number of ether oxygens (including phenoxy) is 1. The molecule has 16 heavy (non-hydrogen) atoms. The highest BCUT2D eigenvalue weighted by Gasteiger charge is 2.24. The summed E-state index contributed by atoms with van der Waals surface area (Å²) in [5.74, 6) is -0.560. The maximum absolute atomic E-state index is 11.7. The maximum atomic E-state index is 11.7. The molecule has 1 fully saturated rings. The minimum absolute atomic E-state index is 0.243. The van der Waals surface area contributed by atoms with E-state index in [-0.39, 0.29) is 11.6 Å². The number of Topliss-reactive ketones (excluding diaryl/α,β-unsaturated/α-hetero) is 2. The van der Waals surface area contributed by atoms with Crippen LogP contribution in [0.1, 0.15) is 57.8 Å². The second kappa shape index (κ2) is 7.55. The van der Waals surface area contributed by atoms with E-state index in [1.54, 1.807) is 0 Å². The third-order valence-corrected chi connectivity index (χ3v) is 3.22. The van der Waals surface area contributed by atoms with Crippen LogP contribution in [0.25, 0.3) is 0 Å². The van der Waals surface area contributed by atoms with Gasteiger partial charge in [0.05, 0.1) is 0 Å². The van der Waals surface area contributed by atoms with Crippen molar-refractivity contribution in [2.24, 2.45) is 0 Å². The van der Waals surface area contributed by atoms with E-state index in [0.29, 0.717) is 12.8 Å². The van der Waals surface area contributed by atoms with Gasteiger partial charge < -0.3 is 4.74 Å². The van der Waals surface area contributed by atoms with Gasteiger partial charge in [0.1, 0.15) is 6.10 Å². The zero-order chi connectivity index (χ0) is 11.8. The average Bonchev–Trinajstić information content (AvgIpc) is 2.29. The van der Waals surface area contributed by atoms with Crippen molar-refractivity contribution in [1.82, 2.24) is 0 Å². The van der Waals surface area contributed by atoms with Gasteiger partial charge in [-0.25, -0.2) is 0 Å². The SMILES string of the molecule is COC1CCCCCCCCCC(=O)C1=O. The minimum Gasteiger partial charge on any atom is -0.373 e. The van der Waals surface area contributed by atoms with E-state index in [2.05, 4.69) is 0 Å². The Labute approximate surface area is 97.5 Å². The first kappa shape index (κ1) is 13.4. The van der Waals surface area contributed by atoms with Crippen molar-refractivity contribution in [2.75, 3.05) is 7.11 Å². The number of rotatable bonds is 1. The predicted molar refractivity (Wildman–Crippen MR) is 62.4 cm³/mol. The predicted octanol–water partition coefficient (Wildman–Crippen LogP) is 2.66. The van der Waals surface area contributed by atoms with Crippen LogP contribution in [-0.2, 0) is 14.3 Å². The highest BCUT2D eigenvalue weighted by Crippen LogP contribution is 2.15. The lowest BCUT2D eigenvalue weighted by Gasteiger charge is -2.14. The summed E-state index contributed by atoms with van der Waals surface area (Å²) in [6.45, 7) is 0. The van der Waals surface area contributed by atoms with Crippen molar-refractivity contribution < 1.29 is 14.3 Å². The summed E-state index contributed by atoms with van der Waals surface area (Å²) in [7, 11) is 1.52. The molecule has 0 aromatic carbocycles. The van der Waals surface area contributed by atoms with Crippen molar-refractivity contribution in [1.29, 1.82) is 0 Å². The van der Waals surface area contributed by atoms with E-state index in [4.69, 9.17) is 4.74 Å². The molecular formula is C13H22O3. The first-order chi connectivity index (χ1) is 7.75. The Morgan fingerprint density at radius 2 is 1.50 bits per heavy atom. The highest BCUT2D eigenvalue weighted by molar-refractivity contribution is 6.38. The smallest absolute Gasteiger partial charge is 0.226 e. The molecule has 1 unspecified atom stereocenters. The number of ketones is 2. The van der Waals surface area contributed by atoms with E-state index in [1.807, 2.05) is 0 Å². The molecule has 1 rings (SSSR count). The van der Waals surface area contributed by atoms with Crippen LogP contribution in [0, 0.1) is 0 Å². The Hall–Kier alpha value is -0.700. The number of hydrogen-bond acceptors (Lipinski definition) is 3. The normalized spacial score (nSPS) is 25.9. The Bertz CT molecular complexity index is 235. The van der Waals surface area contributed by atoms with Crippen LogP contribution in [0.3, 0.4) is 0 Å². The lowest BCUT2D eigenvalue weighted by atomic mass is 9.98. The summed E-state index contributed by atoms with van der Waals surface area (Å²) in [4.78, 5) is 23.3. The number of carbonyl (C=O) groups is 2. The van der Waals surface area contributed by atoms with Crippen LogP contribution in [0.2, 0.25) is 0 Å². The molecule has 0 aromatic heterocycles. The van der Waals surface area contributed by atoms with Crippen LogP contribution in [0.5, 0.6) is 0 Å². The molecule has 0 aliphatic heterocycles. The van der Waals surface area contributed by atoms with Crippen LogP contribution in [0.15, 0.2) is 0 Å². The monoisotopic (exact) mass is 226 g/mol. The van der Waals surface area contributed by atoms with Gasteiger partial charge in [0.15, 0.2) is 0 Å². The average molecular weight is 226 g/mol. The maximum Gasteiger partial charge on any atom is 0.226 e. The lowest BCUT2D eigenvalue weighted by Crippen LogP contribution is -2.30. The molecule has 0 bridgehead atoms. The first-order valence-electron chi connectivity index (χ1n) is 6.35. The third kappa shape index (κ3) is 4.44. The van der Waals surface area contributed by atoms with Gasteiger partial charge in [-0.2, -0.15) is 0 Å². The second-order valence-corrected chi connectivity index (χ2v) is 4.53. The van der Waals surface area contributed by atoms with E-state index in [0.717, 1.165) is 25.7 Å². The summed E-state index contributed by atoms with van der Waals surface area (Å²) < 4.78 is 5.11. The molecule has 0 amide bonds. The Morgan fingerprint density at radius 1 is 0.938 bits per heavy atom. The van der Waals surface area contributed by atoms with Gasteiger partial charge in [-0.05, 0) is 12.8 Å². The number of methoxy groups -OCH3 is 1. The Kier molecular flexibility index (Phi) is 6.31. The second-order valence-electron chi connectivity index (χ2n) is 4.53. The molecule has 3 heteroatoms. The van der Waals surface area contributed by atoms with Gasteiger partial charge in [-0.3, -0.25) is 9.59 Å². The standard InChI is InChI=1S/C13H22O3/c1-16-12-10-8-6-4-2-3-5-7-9-11(14)13(12)15/h12H,2-10H2,1H3.